The van der Waals surface area contributed by atoms with Gasteiger partial charge in [0.05, 0.1) is 11.7 Å². The highest BCUT2D eigenvalue weighted by molar-refractivity contribution is 6.35. The fraction of sp³-hybridized carbons (Fsp3) is 0.263. The highest BCUT2D eigenvalue weighted by atomic mass is 35.5. The Morgan fingerprint density at radius 1 is 1.04 bits per heavy atom. The number of halogens is 2. The van der Waals surface area contributed by atoms with Crippen LogP contribution in [0.25, 0.3) is 0 Å². The average Bonchev–Trinajstić information content (AvgIpc) is 3.08. The molecule has 4 rings (SSSR count). The van der Waals surface area contributed by atoms with Crippen LogP contribution in [0.5, 0.6) is 0 Å². The van der Waals surface area contributed by atoms with Gasteiger partial charge in [-0.15, -0.1) is 0 Å². The molecule has 0 saturated carbocycles. The fourth-order valence-electron chi connectivity index (χ4n) is 3.63. The monoisotopic (exact) mass is 390 g/mol. The summed E-state index contributed by atoms with van der Waals surface area (Å²) in [6, 6.07) is 12.3. The molecule has 0 radical (unpaired) electrons. The minimum Gasteiger partial charge on any atom is -0.283 e. The number of fused-ring (bicyclic) bond motifs is 1. The van der Waals surface area contributed by atoms with Gasteiger partial charge in [-0.2, -0.15) is 0 Å². The number of likely N-dealkylation sites (N-methyl/N-ethyl adjacent to an activating group) is 1. The Morgan fingerprint density at radius 2 is 1.77 bits per heavy atom. The lowest BCUT2D eigenvalue weighted by molar-refractivity contribution is -0.141. The van der Waals surface area contributed by atoms with Crippen LogP contribution < -0.4 is 5.06 Å². The number of carbonyl (C=O) groups excluding carboxylic acids is 2. The van der Waals surface area contributed by atoms with Crippen molar-refractivity contribution >= 4 is 40.7 Å². The van der Waals surface area contributed by atoms with Gasteiger partial charge in [-0.3, -0.25) is 19.3 Å². The molecule has 0 spiro atoms. The number of nitrogens with zero attached hydrogens (tertiary/aromatic N) is 2. The van der Waals surface area contributed by atoms with Gasteiger partial charge >= 0.3 is 0 Å². The zero-order chi connectivity index (χ0) is 18.6. The number of anilines is 1. The van der Waals surface area contributed by atoms with Crippen molar-refractivity contribution in [2.24, 2.45) is 5.92 Å². The second-order valence-corrected chi connectivity index (χ2v) is 7.35. The molecule has 3 atom stereocenters. The topological polar surface area (TPSA) is 49.9 Å². The zero-order valence-electron chi connectivity index (χ0n) is 14.1. The highest BCUT2D eigenvalue weighted by Gasteiger charge is 2.59. The number of imide groups is 1. The Kier molecular flexibility index (Phi) is 4.18. The van der Waals surface area contributed by atoms with Crippen LogP contribution in [0.2, 0.25) is 10.0 Å². The molecule has 7 heteroatoms. The van der Waals surface area contributed by atoms with Gasteiger partial charge in [-0.1, -0.05) is 47.5 Å². The Labute approximate surface area is 161 Å². The molecule has 5 nitrogen and oxygen atoms in total. The van der Waals surface area contributed by atoms with E-state index in [9.17, 15) is 9.59 Å². The van der Waals surface area contributed by atoms with Gasteiger partial charge in [0.15, 0.2) is 6.10 Å². The number of likely N-dealkylation sites (tertiary alicyclic amines) is 1. The molecule has 0 aromatic heterocycles. The van der Waals surface area contributed by atoms with E-state index in [0.29, 0.717) is 15.6 Å². The fourth-order valence-corrected chi connectivity index (χ4v) is 4.15. The van der Waals surface area contributed by atoms with Crippen molar-refractivity contribution in [3.63, 3.8) is 0 Å². The summed E-state index contributed by atoms with van der Waals surface area (Å²) in [4.78, 5) is 32.3. The maximum absolute atomic E-state index is 12.8. The molecule has 0 N–H and O–H groups in total. The summed E-state index contributed by atoms with van der Waals surface area (Å²) in [7, 11) is 1.48. The van der Waals surface area contributed by atoms with Crippen LogP contribution >= 0.6 is 23.2 Å². The van der Waals surface area contributed by atoms with E-state index in [1.165, 1.54) is 7.05 Å². The lowest BCUT2D eigenvalue weighted by atomic mass is 9.90. The molecule has 0 bridgehead atoms. The third kappa shape index (κ3) is 2.50. The summed E-state index contributed by atoms with van der Waals surface area (Å²) < 4.78 is 0. The number of amides is 2. The SMILES string of the molecule is Cc1ccccc1N1OC2C(=O)N(C)C(=O)C2C1c1ccc(Cl)cc1Cl. The molecule has 2 aromatic rings. The van der Waals surface area contributed by atoms with E-state index < -0.39 is 18.1 Å². The Hall–Kier alpha value is -2.08. The van der Waals surface area contributed by atoms with E-state index in [1.54, 1.807) is 23.3 Å². The Balaban J connectivity index is 1.88. The van der Waals surface area contributed by atoms with Crippen LogP contribution in [0.1, 0.15) is 17.2 Å². The summed E-state index contributed by atoms with van der Waals surface area (Å²) >= 11 is 12.5. The Bertz CT molecular complexity index is 917. The molecule has 2 amide bonds. The molecule has 2 saturated heterocycles. The lowest BCUT2D eigenvalue weighted by Crippen LogP contribution is -2.35. The van der Waals surface area contributed by atoms with Gasteiger partial charge in [0.25, 0.3) is 5.91 Å². The molecular weight excluding hydrogens is 375 g/mol. The quantitative estimate of drug-likeness (QED) is 0.732. The van der Waals surface area contributed by atoms with E-state index in [2.05, 4.69) is 0 Å². The van der Waals surface area contributed by atoms with Gasteiger partial charge in [0.1, 0.15) is 5.92 Å². The third-order valence-corrected chi connectivity index (χ3v) is 5.53. The second kappa shape index (κ2) is 6.27. The molecular formula is C19H16Cl2N2O3. The number of para-hydroxylation sites is 1. The molecule has 2 aliphatic rings. The maximum atomic E-state index is 12.8. The Morgan fingerprint density at radius 3 is 2.46 bits per heavy atom. The second-order valence-electron chi connectivity index (χ2n) is 6.51. The van der Waals surface area contributed by atoms with Crippen LogP contribution in [-0.2, 0) is 14.4 Å². The minimum absolute atomic E-state index is 0.271. The number of hydroxylamine groups is 1. The standard InChI is InChI=1S/C19H16Cl2N2O3/c1-10-5-3-4-6-14(10)23-16(12-8-7-11(20)9-13(12)21)15-17(26-23)19(25)22(2)18(15)24/h3-9,15-17H,1-2H3. The van der Waals surface area contributed by atoms with Crippen LogP contribution in [0.15, 0.2) is 42.5 Å². The highest BCUT2D eigenvalue weighted by Crippen LogP contribution is 2.48. The maximum Gasteiger partial charge on any atom is 0.261 e. The predicted molar refractivity (Wildman–Crippen MR) is 99.0 cm³/mol. The smallest absolute Gasteiger partial charge is 0.261 e. The molecule has 2 fully saturated rings. The first-order valence-corrected chi connectivity index (χ1v) is 8.93. The van der Waals surface area contributed by atoms with E-state index in [-0.39, 0.29) is 11.8 Å². The summed E-state index contributed by atoms with van der Waals surface area (Å²) in [5.74, 6) is -1.27. The van der Waals surface area contributed by atoms with Gasteiger partial charge < -0.3 is 0 Å². The van der Waals surface area contributed by atoms with Crippen molar-refractivity contribution in [3.05, 3.63) is 63.6 Å². The minimum atomic E-state index is -0.858. The van der Waals surface area contributed by atoms with Gasteiger partial charge in [-0.05, 0) is 36.2 Å². The average molecular weight is 391 g/mol. The molecule has 134 valence electrons. The van der Waals surface area contributed by atoms with Gasteiger partial charge in [0.2, 0.25) is 5.91 Å². The van der Waals surface area contributed by atoms with Gasteiger partial charge in [0, 0.05) is 17.1 Å². The normalized spacial score (nSPS) is 25.2. The van der Waals surface area contributed by atoms with E-state index >= 15 is 0 Å². The van der Waals surface area contributed by atoms with E-state index in [0.717, 1.165) is 16.2 Å². The van der Waals surface area contributed by atoms with E-state index in [1.807, 2.05) is 31.2 Å². The summed E-state index contributed by atoms with van der Waals surface area (Å²) in [5.41, 5.74) is 2.46. The van der Waals surface area contributed by atoms with Crippen molar-refractivity contribution < 1.29 is 14.4 Å². The molecule has 2 aromatic carbocycles. The summed E-state index contributed by atoms with van der Waals surface area (Å²) in [6.07, 6.45) is -0.858. The van der Waals surface area contributed by atoms with Crippen molar-refractivity contribution in [1.82, 2.24) is 4.90 Å². The number of hydrogen-bond donors (Lipinski definition) is 0. The first kappa shape index (κ1) is 17.3. The number of benzene rings is 2. The number of carbonyl (C=O) groups is 2. The third-order valence-electron chi connectivity index (χ3n) is 4.97. The molecule has 2 heterocycles. The molecule has 0 aliphatic carbocycles. The molecule has 2 aliphatic heterocycles. The van der Waals surface area contributed by atoms with Crippen molar-refractivity contribution in [3.8, 4) is 0 Å². The first-order valence-electron chi connectivity index (χ1n) is 8.18. The predicted octanol–water partition coefficient (Wildman–Crippen LogP) is 3.78. The number of aryl methyl sites for hydroxylation is 1. The summed E-state index contributed by atoms with van der Waals surface area (Å²) in [5, 5.41) is 2.57. The lowest BCUT2D eigenvalue weighted by Gasteiger charge is -2.29. The van der Waals surface area contributed by atoms with Crippen molar-refractivity contribution in [1.29, 1.82) is 0 Å². The van der Waals surface area contributed by atoms with Crippen LogP contribution in [0, 0.1) is 12.8 Å². The van der Waals surface area contributed by atoms with Crippen LogP contribution in [-0.4, -0.2) is 29.9 Å². The largest absolute Gasteiger partial charge is 0.283 e. The molecule has 3 unspecified atom stereocenters. The van der Waals surface area contributed by atoms with E-state index in [4.69, 9.17) is 28.0 Å². The van der Waals surface area contributed by atoms with Crippen LogP contribution in [0.4, 0.5) is 5.69 Å². The van der Waals surface area contributed by atoms with Crippen molar-refractivity contribution in [2.75, 3.05) is 12.1 Å². The zero-order valence-corrected chi connectivity index (χ0v) is 15.7. The summed E-state index contributed by atoms with van der Waals surface area (Å²) in [6.45, 7) is 1.95. The first-order chi connectivity index (χ1) is 12.4. The molecule has 26 heavy (non-hydrogen) atoms. The number of hydrogen-bond acceptors (Lipinski definition) is 4. The van der Waals surface area contributed by atoms with Gasteiger partial charge in [-0.25, -0.2) is 5.06 Å². The van der Waals surface area contributed by atoms with Crippen LogP contribution in [0.3, 0.4) is 0 Å². The number of rotatable bonds is 2. The van der Waals surface area contributed by atoms with Crippen molar-refractivity contribution in [2.45, 2.75) is 19.1 Å².